The lowest BCUT2D eigenvalue weighted by Gasteiger charge is -2.45. The van der Waals surface area contributed by atoms with Crippen molar-refractivity contribution in [3.05, 3.63) is 35.4 Å². The first-order chi connectivity index (χ1) is 9.51. The van der Waals surface area contributed by atoms with Gasteiger partial charge in [0.05, 0.1) is 7.11 Å². The molecule has 0 amide bonds. The molecular weight excluding hydrogens is 328 g/mol. The van der Waals surface area contributed by atoms with Gasteiger partial charge in [0.1, 0.15) is 0 Å². The molecule has 0 N–H and O–H groups in total. The minimum absolute atomic E-state index is 0.588. The summed E-state index contributed by atoms with van der Waals surface area (Å²) in [6.45, 7) is 18.4. The van der Waals surface area contributed by atoms with Crippen molar-refractivity contribution in [1.82, 2.24) is 0 Å². The van der Waals surface area contributed by atoms with Crippen LogP contribution >= 0.6 is 11.6 Å². The Bertz CT molecular complexity index is 467. The predicted octanol–water partition coefficient (Wildman–Crippen LogP) is 5.39. The summed E-state index contributed by atoms with van der Waals surface area (Å²) in [7, 11) is -3.93. The standard InChI is InChI=1S/C16H31ClOSi3/c1-19(2,3)21(6,7)20(4,5)18-12-11-15-9-8-10-16(13-15)14-17/h8-10,13H,11-12,14H2,1-7H3. The lowest BCUT2D eigenvalue weighted by atomic mass is 10.1. The second kappa shape index (κ2) is 7.13. The summed E-state index contributed by atoms with van der Waals surface area (Å²) < 4.78 is 6.50. The molecule has 0 aromatic heterocycles. The SMILES string of the molecule is C[Si](C)(C)[Si](C)(C)[Si](C)(C)OCCc1cccc(CCl)c1. The van der Waals surface area contributed by atoms with Gasteiger partial charge in [-0.05, 0) is 30.6 Å². The maximum absolute atomic E-state index is 6.50. The molecular formula is C16H31ClOSi3. The van der Waals surface area contributed by atoms with E-state index in [0.29, 0.717) is 5.88 Å². The van der Waals surface area contributed by atoms with Crippen molar-refractivity contribution in [3.8, 4) is 0 Å². The Hall–Kier alpha value is 0.121. The van der Waals surface area contributed by atoms with E-state index >= 15 is 0 Å². The van der Waals surface area contributed by atoms with Gasteiger partial charge in [-0.3, -0.25) is 0 Å². The van der Waals surface area contributed by atoms with Gasteiger partial charge in [-0.15, -0.1) is 11.6 Å². The lowest BCUT2D eigenvalue weighted by Crippen LogP contribution is -2.70. The molecule has 0 saturated heterocycles. The minimum atomic E-state index is -1.57. The zero-order chi connectivity index (χ0) is 16.3. The zero-order valence-electron chi connectivity index (χ0n) is 14.7. The van der Waals surface area contributed by atoms with Crippen LogP contribution in [0.3, 0.4) is 0 Å². The van der Waals surface area contributed by atoms with Crippen LogP contribution in [-0.4, -0.2) is 29.1 Å². The predicted molar refractivity (Wildman–Crippen MR) is 104 cm³/mol. The van der Waals surface area contributed by atoms with Crippen LogP contribution in [0.4, 0.5) is 0 Å². The molecule has 1 rings (SSSR count). The van der Waals surface area contributed by atoms with E-state index < -0.39 is 22.5 Å². The summed E-state index contributed by atoms with van der Waals surface area (Å²) in [5.74, 6) is 0.588. The largest absolute Gasteiger partial charge is 0.420 e. The van der Waals surface area contributed by atoms with Gasteiger partial charge < -0.3 is 4.43 Å². The number of benzene rings is 1. The first kappa shape index (κ1) is 19.2. The molecule has 1 aromatic rings. The van der Waals surface area contributed by atoms with Crippen molar-refractivity contribution in [3.63, 3.8) is 0 Å². The molecule has 0 fully saturated rings. The van der Waals surface area contributed by atoms with Crippen LogP contribution in [0.15, 0.2) is 24.3 Å². The summed E-state index contributed by atoms with van der Waals surface area (Å²) in [6, 6.07) is 8.55. The van der Waals surface area contributed by atoms with Crippen LogP contribution in [0.25, 0.3) is 0 Å². The fourth-order valence-corrected chi connectivity index (χ4v) is 29.0. The molecule has 0 aliphatic rings. The third-order valence-electron chi connectivity index (χ3n) is 5.38. The molecule has 0 radical (unpaired) electrons. The fraction of sp³-hybridized carbons (Fsp3) is 0.625. The lowest BCUT2D eigenvalue weighted by molar-refractivity contribution is 0.323. The maximum Gasteiger partial charge on any atom is 0.171 e. The Balaban J connectivity index is 2.65. The first-order valence-electron chi connectivity index (χ1n) is 7.79. The number of rotatable bonds is 7. The summed E-state index contributed by atoms with van der Waals surface area (Å²) in [4.78, 5) is 0. The van der Waals surface area contributed by atoms with Crippen molar-refractivity contribution in [1.29, 1.82) is 0 Å². The molecule has 0 heterocycles. The molecule has 0 saturated carbocycles. The van der Waals surface area contributed by atoms with Gasteiger partial charge in [-0.2, -0.15) is 0 Å². The normalized spacial score (nSPS) is 13.5. The monoisotopic (exact) mass is 358 g/mol. The maximum atomic E-state index is 6.50. The highest BCUT2D eigenvalue weighted by molar-refractivity contribution is 7.67. The van der Waals surface area contributed by atoms with Crippen molar-refractivity contribution >= 4 is 34.1 Å². The van der Waals surface area contributed by atoms with Crippen molar-refractivity contribution < 1.29 is 4.43 Å². The van der Waals surface area contributed by atoms with E-state index in [1.807, 2.05) is 0 Å². The summed E-state index contributed by atoms with van der Waals surface area (Å²) in [5, 5.41) is 0. The third kappa shape index (κ3) is 4.79. The molecule has 0 bridgehead atoms. The van der Waals surface area contributed by atoms with Crippen LogP contribution in [-0.2, 0) is 16.7 Å². The Morgan fingerprint density at radius 1 is 0.952 bits per heavy atom. The van der Waals surface area contributed by atoms with E-state index in [0.717, 1.165) is 13.0 Å². The van der Waals surface area contributed by atoms with Gasteiger partial charge in [0, 0.05) is 20.1 Å². The number of hydrogen-bond acceptors (Lipinski definition) is 1. The molecule has 21 heavy (non-hydrogen) atoms. The number of hydrogen-bond donors (Lipinski definition) is 0. The Labute approximate surface area is 138 Å². The molecule has 0 aliphatic carbocycles. The zero-order valence-corrected chi connectivity index (χ0v) is 18.5. The third-order valence-corrected chi connectivity index (χ3v) is 46.3. The second-order valence-electron chi connectivity index (χ2n) is 7.94. The van der Waals surface area contributed by atoms with Crippen LogP contribution in [0.1, 0.15) is 11.1 Å². The van der Waals surface area contributed by atoms with E-state index in [-0.39, 0.29) is 0 Å². The Kier molecular flexibility index (Phi) is 6.51. The van der Waals surface area contributed by atoms with Gasteiger partial charge in [0.2, 0.25) is 0 Å². The van der Waals surface area contributed by atoms with Crippen LogP contribution in [0, 0.1) is 0 Å². The molecule has 0 unspecified atom stereocenters. The van der Waals surface area contributed by atoms with E-state index in [1.165, 1.54) is 11.1 Å². The average Bonchev–Trinajstić information content (AvgIpc) is 2.37. The highest BCUT2D eigenvalue weighted by Crippen LogP contribution is 2.29. The molecule has 120 valence electrons. The van der Waals surface area contributed by atoms with Crippen molar-refractivity contribution in [2.45, 2.75) is 58.1 Å². The highest BCUT2D eigenvalue weighted by Gasteiger charge is 2.51. The van der Waals surface area contributed by atoms with Gasteiger partial charge in [-0.1, -0.05) is 57.0 Å². The van der Waals surface area contributed by atoms with Crippen LogP contribution < -0.4 is 0 Å². The molecule has 0 spiro atoms. The first-order valence-corrected chi connectivity index (χ1v) is 19.7. The fourth-order valence-electron chi connectivity index (χ4n) is 2.38. The number of halogens is 1. The minimum Gasteiger partial charge on any atom is -0.420 e. The highest BCUT2D eigenvalue weighted by atomic mass is 35.5. The van der Waals surface area contributed by atoms with E-state index in [4.69, 9.17) is 16.0 Å². The Morgan fingerprint density at radius 2 is 1.52 bits per heavy atom. The topological polar surface area (TPSA) is 9.23 Å². The van der Waals surface area contributed by atoms with Crippen LogP contribution in [0.5, 0.6) is 0 Å². The second-order valence-corrected chi connectivity index (χ2v) is 36.4. The molecule has 1 aromatic carbocycles. The molecule has 5 heteroatoms. The van der Waals surface area contributed by atoms with Gasteiger partial charge >= 0.3 is 0 Å². The summed E-state index contributed by atoms with van der Waals surface area (Å²) >= 11 is 5.90. The van der Waals surface area contributed by atoms with Crippen molar-refractivity contribution in [2.24, 2.45) is 0 Å². The Morgan fingerprint density at radius 3 is 2.05 bits per heavy atom. The van der Waals surface area contributed by atoms with Crippen LogP contribution in [0.2, 0.25) is 45.8 Å². The van der Waals surface area contributed by atoms with Gasteiger partial charge in [0.25, 0.3) is 0 Å². The smallest absolute Gasteiger partial charge is 0.171 e. The van der Waals surface area contributed by atoms with Gasteiger partial charge in [0.15, 0.2) is 7.83 Å². The van der Waals surface area contributed by atoms with E-state index in [2.05, 4.69) is 70.1 Å². The van der Waals surface area contributed by atoms with Gasteiger partial charge in [-0.25, -0.2) is 0 Å². The van der Waals surface area contributed by atoms with E-state index in [1.54, 1.807) is 0 Å². The molecule has 0 aliphatic heterocycles. The average molecular weight is 359 g/mol. The quantitative estimate of drug-likeness (QED) is 0.468. The summed E-state index contributed by atoms with van der Waals surface area (Å²) in [6.07, 6.45) is 0.997. The number of alkyl halides is 1. The molecule has 0 atom stereocenters. The molecule has 1 nitrogen and oxygen atoms in total. The van der Waals surface area contributed by atoms with E-state index in [9.17, 15) is 0 Å². The van der Waals surface area contributed by atoms with Crippen molar-refractivity contribution in [2.75, 3.05) is 6.61 Å². The summed E-state index contributed by atoms with van der Waals surface area (Å²) in [5.41, 5.74) is 2.54.